The van der Waals surface area contributed by atoms with Crippen LogP contribution in [0.5, 0.6) is 0 Å². The number of carbonyl (C=O) groups excluding carboxylic acids is 1. The Morgan fingerprint density at radius 3 is 3.04 bits per heavy atom. The Bertz CT molecular complexity index is 943. The van der Waals surface area contributed by atoms with Crippen LogP contribution < -0.4 is 0 Å². The molecule has 0 aliphatic carbocycles. The van der Waals surface area contributed by atoms with E-state index in [0.717, 1.165) is 6.42 Å². The van der Waals surface area contributed by atoms with Crippen molar-refractivity contribution in [1.82, 2.24) is 19.9 Å². The van der Waals surface area contributed by atoms with Crippen molar-refractivity contribution in [3.8, 4) is 17.2 Å². The Kier molecular flexibility index (Phi) is 4.80. The van der Waals surface area contributed by atoms with Crippen LogP contribution in [0.1, 0.15) is 31.7 Å². The van der Waals surface area contributed by atoms with E-state index in [1.807, 2.05) is 6.92 Å². The average molecular weight is 341 g/mol. The molecule has 1 amide bonds. The van der Waals surface area contributed by atoms with Crippen molar-refractivity contribution in [2.75, 3.05) is 13.1 Å². The SMILES string of the molecule is CCCN(CCC#N)C(=O)c1cc(-c2c(F)cnc3[nH]ccc23)c[nH]1.[HH]. The van der Waals surface area contributed by atoms with Gasteiger partial charge in [0, 0.05) is 43.4 Å². The molecular weight excluding hydrogens is 321 g/mol. The molecule has 3 aromatic heterocycles. The second kappa shape index (κ2) is 7.18. The highest BCUT2D eigenvalue weighted by Gasteiger charge is 2.19. The summed E-state index contributed by atoms with van der Waals surface area (Å²) in [6.45, 7) is 2.92. The first kappa shape index (κ1) is 16.7. The fourth-order valence-electron chi connectivity index (χ4n) is 2.88. The average Bonchev–Trinajstić information content (AvgIpc) is 3.27. The number of nitrogens with zero attached hydrogens (tertiary/aromatic N) is 3. The van der Waals surface area contributed by atoms with Crippen LogP contribution in [0.4, 0.5) is 4.39 Å². The largest absolute Gasteiger partial charge is 0.357 e. The van der Waals surface area contributed by atoms with Crippen LogP contribution in [0.2, 0.25) is 0 Å². The van der Waals surface area contributed by atoms with E-state index in [1.54, 1.807) is 29.4 Å². The molecule has 3 aromatic rings. The van der Waals surface area contributed by atoms with Crippen LogP contribution in [0, 0.1) is 17.1 Å². The van der Waals surface area contributed by atoms with Gasteiger partial charge in [-0.05, 0) is 18.6 Å². The molecule has 0 bridgehead atoms. The number of hydrogen-bond donors (Lipinski definition) is 2. The Morgan fingerprint density at radius 2 is 2.28 bits per heavy atom. The Morgan fingerprint density at radius 1 is 1.44 bits per heavy atom. The van der Waals surface area contributed by atoms with Crippen molar-refractivity contribution in [3.63, 3.8) is 0 Å². The van der Waals surface area contributed by atoms with Gasteiger partial charge in [0.15, 0.2) is 0 Å². The zero-order valence-corrected chi connectivity index (χ0v) is 13.8. The lowest BCUT2D eigenvalue weighted by molar-refractivity contribution is 0.0754. The lowest BCUT2D eigenvalue weighted by Crippen LogP contribution is -2.32. The molecule has 3 heterocycles. The molecule has 0 spiro atoms. The molecule has 0 fully saturated rings. The number of nitriles is 1. The second-order valence-corrected chi connectivity index (χ2v) is 5.72. The zero-order chi connectivity index (χ0) is 17.8. The number of aromatic nitrogens is 3. The predicted octanol–water partition coefficient (Wildman–Crippen LogP) is 3.71. The number of fused-ring (bicyclic) bond motifs is 1. The van der Waals surface area contributed by atoms with Gasteiger partial charge in [0.2, 0.25) is 0 Å². The number of carbonyl (C=O) groups is 1. The fourth-order valence-corrected chi connectivity index (χ4v) is 2.88. The summed E-state index contributed by atoms with van der Waals surface area (Å²) < 4.78 is 14.3. The summed E-state index contributed by atoms with van der Waals surface area (Å²) in [5.74, 6) is -0.636. The first-order chi connectivity index (χ1) is 12.2. The van der Waals surface area contributed by atoms with Gasteiger partial charge in [0.25, 0.3) is 5.91 Å². The third-order valence-corrected chi connectivity index (χ3v) is 4.02. The van der Waals surface area contributed by atoms with E-state index in [2.05, 4.69) is 21.0 Å². The quantitative estimate of drug-likeness (QED) is 0.716. The topological polar surface area (TPSA) is 88.6 Å². The molecule has 0 saturated carbocycles. The highest BCUT2D eigenvalue weighted by molar-refractivity contribution is 5.97. The van der Waals surface area contributed by atoms with Gasteiger partial charge in [-0.25, -0.2) is 9.37 Å². The number of amides is 1. The molecule has 0 aliphatic heterocycles. The van der Waals surface area contributed by atoms with Crippen molar-refractivity contribution in [2.24, 2.45) is 0 Å². The van der Waals surface area contributed by atoms with E-state index in [4.69, 9.17) is 5.26 Å². The normalized spacial score (nSPS) is 10.8. The molecule has 0 radical (unpaired) electrons. The molecule has 7 heteroatoms. The Balaban J connectivity index is 0.00000243. The van der Waals surface area contributed by atoms with Crippen LogP contribution in [-0.4, -0.2) is 38.8 Å². The van der Waals surface area contributed by atoms with E-state index < -0.39 is 5.82 Å². The standard InChI is InChI=1S/C18H18FN5O.H2/c1-2-7-24(8-3-5-20)18(25)15-9-12(10-22-15)16-13-4-6-21-17(13)23-11-14(16)19;/h4,6,9-11,22H,2-3,7-8H2,1H3,(H,21,23);1H. The summed E-state index contributed by atoms with van der Waals surface area (Å²) in [4.78, 5) is 24.2. The highest BCUT2D eigenvalue weighted by atomic mass is 19.1. The van der Waals surface area contributed by atoms with E-state index in [-0.39, 0.29) is 13.8 Å². The molecule has 6 nitrogen and oxygen atoms in total. The van der Waals surface area contributed by atoms with Crippen molar-refractivity contribution in [3.05, 3.63) is 42.2 Å². The van der Waals surface area contributed by atoms with Crippen molar-refractivity contribution >= 4 is 16.9 Å². The summed E-state index contributed by atoms with van der Waals surface area (Å²) in [5.41, 5.74) is 1.96. The lowest BCUT2D eigenvalue weighted by Gasteiger charge is -2.19. The molecule has 0 unspecified atom stereocenters. The number of rotatable bonds is 6. The van der Waals surface area contributed by atoms with Crippen molar-refractivity contribution in [2.45, 2.75) is 19.8 Å². The van der Waals surface area contributed by atoms with E-state index in [9.17, 15) is 9.18 Å². The minimum atomic E-state index is -0.444. The third kappa shape index (κ3) is 3.24. The minimum absolute atomic E-state index is 0. The second-order valence-electron chi connectivity index (χ2n) is 5.72. The Hall–Kier alpha value is -3.14. The first-order valence-electron chi connectivity index (χ1n) is 8.12. The molecular formula is C18H20FN5O. The maximum atomic E-state index is 14.3. The van der Waals surface area contributed by atoms with Crippen molar-refractivity contribution < 1.29 is 10.6 Å². The van der Waals surface area contributed by atoms with Crippen LogP contribution in [0.25, 0.3) is 22.2 Å². The minimum Gasteiger partial charge on any atom is -0.357 e. The van der Waals surface area contributed by atoms with Gasteiger partial charge in [-0.1, -0.05) is 6.92 Å². The number of H-pyrrole nitrogens is 2. The number of nitrogens with one attached hydrogen (secondary N) is 2. The maximum Gasteiger partial charge on any atom is 0.270 e. The molecule has 3 rings (SSSR count). The molecule has 0 saturated heterocycles. The van der Waals surface area contributed by atoms with Gasteiger partial charge in [0.1, 0.15) is 17.2 Å². The third-order valence-electron chi connectivity index (χ3n) is 4.02. The van der Waals surface area contributed by atoms with Crippen LogP contribution in [0.3, 0.4) is 0 Å². The van der Waals surface area contributed by atoms with Gasteiger partial charge in [-0.15, -0.1) is 0 Å². The predicted molar refractivity (Wildman–Crippen MR) is 94.4 cm³/mol. The monoisotopic (exact) mass is 341 g/mol. The number of hydrogen-bond acceptors (Lipinski definition) is 3. The lowest BCUT2D eigenvalue weighted by atomic mass is 10.1. The van der Waals surface area contributed by atoms with Gasteiger partial charge in [0.05, 0.1) is 18.7 Å². The number of halogens is 1. The van der Waals surface area contributed by atoms with Gasteiger partial charge in [-0.3, -0.25) is 4.79 Å². The maximum absolute atomic E-state index is 14.3. The van der Waals surface area contributed by atoms with E-state index in [0.29, 0.717) is 40.9 Å². The molecule has 0 aliphatic rings. The number of aromatic amines is 2. The molecule has 0 atom stereocenters. The summed E-state index contributed by atoms with van der Waals surface area (Å²) in [6.07, 6.45) is 5.56. The molecule has 25 heavy (non-hydrogen) atoms. The van der Waals surface area contributed by atoms with E-state index >= 15 is 0 Å². The smallest absolute Gasteiger partial charge is 0.270 e. The van der Waals surface area contributed by atoms with Gasteiger partial charge >= 0.3 is 0 Å². The fraction of sp³-hybridized carbons (Fsp3) is 0.278. The highest BCUT2D eigenvalue weighted by Crippen LogP contribution is 2.30. The van der Waals surface area contributed by atoms with Gasteiger partial charge in [-0.2, -0.15) is 5.26 Å². The molecule has 130 valence electrons. The van der Waals surface area contributed by atoms with E-state index in [1.165, 1.54) is 6.20 Å². The summed E-state index contributed by atoms with van der Waals surface area (Å²) >= 11 is 0. The van der Waals surface area contributed by atoms with Crippen molar-refractivity contribution in [1.29, 1.82) is 5.26 Å². The number of pyridine rings is 1. The molecule has 2 N–H and O–H groups in total. The summed E-state index contributed by atoms with van der Waals surface area (Å²) in [7, 11) is 0. The van der Waals surface area contributed by atoms with Crippen LogP contribution in [-0.2, 0) is 0 Å². The summed E-state index contributed by atoms with van der Waals surface area (Å²) in [6, 6.07) is 5.45. The first-order valence-corrected chi connectivity index (χ1v) is 8.12. The van der Waals surface area contributed by atoms with Crippen LogP contribution >= 0.6 is 0 Å². The Labute approximate surface area is 145 Å². The van der Waals surface area contributed by atoms with Crippen LogP contribution in [0.15, 0.2) is 30.7 Å². The summed E-state index contributed by atoms with van der Waals surface area (Å²) in [5, 5.41) is 9.41. The molecule has 0 aromatic carbocycles. The zero-order valence-electron chi connectivity index (χ0n) is 13.8. The van der Waals surface area contributed by atoms with Gasteiger partial charge < -0.3 is 14.9 Å².